The Kier molecular flexibility index (Phi) is 33.9. The number of cyclic esters (lactones) is 2. The molecule has 3 aromatic heterocycles. The predicted molar refractivity (Wildman–Crippen MR) is 455 cm³/mol. The predicted octanol–water partition coefficient (Wildman–Crippen LogP) is 15.7. The van der Waals surface area contributed by atoms with Crippen LogP contribution in [0.2, 0.25) is 0 Å². The van der Waals surface area contributed by atoms with E-state index in [4.69, 9.17) is 23.5 Å². The number of benzene rings is 4. The van der Waals surface area contributed by atoms with Crippen molar-refractivity contribution in [3.8, 4) is 11.1 Å². The van der Waals surface area contributed by atoms with Gasteiger partial charge in [-0.3, -0.25) is 28.8 Å². The number of hydrogen-bond acceptors (Lipinski definition) is 17. The number of ether oxygens (including phenoxy) is 3. The number of amides is 2. The number of aromatic nitrogens is 3. The van der Waals surface area contributed by atoms with Crippen LogP contribution in [-0.2, 0) is 62.2 Å². The molecule has 0 spiro atoms. The number of alkyl halides is 1. The summed E-state index contributed by atoms with van der Waals surface area (Å²) < 4.78 is 34.9. The van der Waals surface area contributed by atoms with E-state index >= 15 is 0 Å². The first-order chi connectivity index (χ1) is 52.6. The number of esters is 1. The Morgan fingerprint density at radius 3 is 1.40 bits per heavy atom. The molecule has 610 valence electrons. The number of aliphatic hydroxyl groups is 4. The summed E-state index contributed by atoms with van der Waals surface area (Å²) in [5, 5.41) is 41.3. The lowest BCUT2D eigenvalue weighted by Gasteiger charge is -2.45. The van der Waals surface area contributed by atoms with Crippen molar-refractivity contribution in [2.24, 2.45) is 5.92 Å². The smallest absolute Gasteiger partial charge is 0.466 e. The number of ketones is 2. The van der Waals surface area contributed by atoms with Crippen molar-refractivity contribution >= 4 is 106 Å². The van der Waals surface area contributed by atoms with Gasteiger partial charge >= 0.3 is 25.3 Å². The number of allylic oxidation sites excluding steroid dienone is 4. The summed E-state index contributed by atoms with van der Waals surface area (Å²) in [6, 6.07) is 44.6. The van der Waals surface area contributed by atoms with E-state index in [1.807, 2.05) is 151 Å². The molecule has 22 nitrogen and oxygen atoms in total. The van der Waals surface area contributed by atoms with E-state index in [0.29, 0.717) is 57.3 Å². The molecule has 113 heavy (non-hydrogen) atoms. The highest BCUT2D eigenvalue weighted by atomic mass is 79.9. The van der Waals surface area contributed by atoms with Crippen LogP contribution < -0.4 is 22.1 Å². The third-order valence-corrected chi connectivity index (χ3v) is 21.3. The number of H-pyrrole nitrogens is 1. The van der Waals surface area contributed by atoms with Crippen LogP contribution in [-0.4, -0.2) is 140 Å². The number of carbonyl (C=O) groups is 5. The maximum Gasteiger partial charge on any atom is 0.494 e. The molecule has 0 bridgehead atoms. The van der Waals surface area contributed by atoms with E-state index in [2.05, 4.69) is 68.7 Å². The molecule has 1 aliphatic carbocycles. The van der Waals surface area contributed by atoms with Crippen molar-refractivity contribution in [1.82, 2.24) is 23.9 Å². The van der Waals surface area contributed by atoms with Crippen LogP contribution in [0.4, 0.5) is 9.59 Å². The highest BCUT2D eigenvalue weighted by molar-refractivity contribution is 9.12. The second-order valence-corrected chi connectivity index (χ2v) is 35.3. The Morgan fingerprint density at radius 1 is 0.575 bits per heavy atom. The standard InChI is InChI=1S/C31H38N2O5.C28H38BNO5.C10H11BrO3.C9H12BrNO2.C5H4BrNO.C3H5BrO/c1-22(23-11-13-24(14-12-23)25-15-16-27(34)32(19-25)21-30(4,5)37)33-18-17-31(38-28(33)35,20-29(2,3)36)26-9-7-6-8-10-26;1-20(21-13-15-23(16-14-21)29-34-26(4,5)27(6,7)35-29)30-18-17-28(33-24(30)31,19-25(2,3)32)22-11-9-8-10-12-22;1-2-14-10(13)6-7-5-8(11)3-4-9(7)12;1-9(2,13)6-11-5-7(10)3-4-8(11)12;6-4-1-2-5(8)7-3-4;1-3(5)2-4/h6-16,19,22,36-37H,17-18,20-21H2,1-5H3;8-16,20,32H,17-19H2,1-7H3;3-5,7H,2,6H2,1H3;3-5,13H,6H2,1-2H3;1-3H,(H,7,8);2H2,1H3/t22-,31-;20-,28-;;;;/m00..../s1. The molecule has 0 saturated carbocycles. The molecule has 27 heteroatoms. The van der Waals surface area contributed by atoms with Gasteiger partial charge in [0, 0.05) is 89.0 Å². The Morgan fingerprint density at radius 2 is 1.00 bits per heavy atom. The van der Waals surface area contributed by atoms with Crippen molar-refractivity contribution in [2.45, 2.75) is 213 Å². The van der Waals surface area contributed by atoms with Crippen LogP contribution in [0.25, 0.3) is 11.1 Å². The lowest BCUT2D eigenvalue weighted by molar-refractivity contribution is -0.145. The minimum Gasteiger partial charge on any atom is -0.466 e. The lowest BCUT2D eigenvalue weighted by atomic mass is 9.78. The highest BCUT2D eigenvalue weighted by Crippen LogP contribution is 2.45. The third kappa shape index (κ3) is 29.2. The Hall–Kier alpha value is -7.70. The minimum absolute atomic E-state index is 0.0544. The van der Waals surface area contributed by atoms with Crippen LogP contribution in [0, 0.1) is 5.92 Å². The van der Waals surface area contributed by atoms with Crippen molar-refractivity contribution in [3.63, 3.8) is 0 Å². The molecule has 7 aromatic rings. The van der Waals surface area contributed by atoms with Crippen LogP contribution >= 0.6 is 63.7 Å². The largest absolute Gasteiger partial charge is 0.494 e. The molecule has 1 unspecified atom stereocenters. The van der Waals surface area contributed by atoms with Gasteiger partial charge in [0.2, 0.25) is 5.56 Å². The zero-order valence-corrected chi connectivity index (χ0v) is 73.6. The van der Waals surface area contributed by atoms with E-state index in [1.165, 1.54) is 40.3 Å². The van der Waals surface area contributed by atoms with Gasteiger partial charge in [-0.15, -0.1) is 0 Å². The maximum atomic E-state index is 13.3. The molecule has 11 rings (SSSR count). The monoisotopic (exact) mass is 1810 g/mol. The van der Waals surface area contributed by atoms with E-state index in [0.717, 1.165) is 52.3 Å². The fourth-order valence-corrected chi connectivity index (χ4v) is 13.9. The molecular formula is C86H108BBr4N5O17. The van der Waals surface area contributed by atoms with Gasteiger partial charge in [0.05, 0.1) is 83.1 Å². The number of rotatable bonds is 20. The number of Topliss-reactive ketones (excluding diaryl/α,β-unsaturated/α-hetero) is 1. The number of carbonyl (C=O) groups excluding carboxylic acids is 5. The topological polar surface area (TPSA) is 296 Å². The Labute approximate surface area is 697 Å². The summed E-state index contributed by atoms with van der Waals surface area (Å²) in [5.74, 6) is -0.600. The Bertz CT molecular complexity index is 4550. The number of halogens is 4. The van der Waals surface area contributed by atoms with E-state index in [9.17, 15) is 58.8 Å². The van der Waals surface area contributed by atoms with Crippen LogP contribution in [0.15, 0.2) is 210 Å². The number of hydrogen-bond donors (Lipinski definition) is 5. The van der Waals surface area contributed by atoms with Crippen LogP contribution in [0.3, 0.4) is 0 Å². The molecular weight excluding hydrogens is 1710 g/mol. The third-order valence-electron chi connectivity index (χ3n) is 19.0. The molecule has 6 heterocycles. The SMILES string of the molecule is CC(=O)CBr.CC(C)(O)Cn1cc(Br)ccc1=O.CCOC(=O)CC1C=C(Br)C=CC1=O.C[C@@H](c1ccc(-c2ccc(=O)n(CC(C)(C)O)c2)cc1)N1CC[C@](CC(C)(C)O)(c2ccccc2)OC1=O.C[C@@H](c1ccc(B2OC(C)(C)C(C)(C)O2)cc1)N1CC[C@](CC(C)(C)O)(c2ccccc2)OC1=O.O=c1ccc(Br)c[nH]1. The summed E-state index contributed by atoms with van der Waals surface area (Å²) >= 11 is 12.7. The van der Waals surface area contributed by atoms with E-state index in [-0.39, 0.29) is 71.3 Å². The summed E-state index contributed by atoms with van der Waals surface area (Å²) in [5.41, 5.74) is -0.211. The number of pyridine rings is 3. The van der Waals surface area contributed by atoms with Crippen LogP contribution in [0.5, 0.6) is 0 Å². The molecule has 4 aromatic carbocycles. The van der Waals surface area contributed by atoms with Gasteiger partial charge in [-0.1, -0.05) is 147 Å². The minimum atomic E-state index is -1.00. The molecule has 5 N–H and O–H groups in total. The zero-order chi connectivity index (χ0) is 84.2. The molecule has 4 aliphatic rings. The number of aromatic amines is 1. The lowest BCUT2D eigenvalue weighted by Crippen LogP contribution is -2.51. The van der Waals surface area contributed by atoms with Crippen LogP contribution in [0.1, 0.15) is 177 Å². The van der Waals surface area contributed by atoms with Gasteiger partial charge in [0.25, 0.3) is 11.1 Å². The molecule has 3 aliphatic heterocycles. The summed E-state index contributed by atoms with van der Waals surface area (Å²) in [6.45, 7) is 30.9. The number of nitrogens with zero attached hydrogens (tertiary/aromatic N) is 4. The average Bonchev–Trinajstić information content (AvgIpc) is 1.64. The first-order valence-corrected chi connectivity index (χ1v) is 40.8. The van der Waals surface area contributed by atoms with Crippen molar-refractivity contribution in [2.75, 3.05) is 25.0 Å². The van der Waals surface area contributed by atoms with Gasteiger partial charge in [0.1, 0.15) is 17.0 Å². The normalized spacial score (nSPS) is 19.0. The molecule has 5 atom stereocenters. The second kappa shape index (κ2) is 40.7. The Balaban J connectivity index is 0.000000239. The molecule has 3 saturated heterocycles. The van der Waals surface area contributed by atoms with E-state index in [1.54, 1.807) is 121 Å². The van der Waals surface area contributed by atoms with Crippen molar-refractivity contribution < 1.29 is 67.9 Å². The van der Waals surface area contributed by atoms with Gasteiger partial charge in [-0.25, -0.2) is 9.59 Å². The molecule has 0 radical (unpaired) electrons. The average molecular weight is 1810 g/mol. The van der Waals surface area contributed by atoms with Gasteiger partial charge in [-0.05, 0) is 212 Å². The first kappa shape index (κ1) is 94.2. The quantitative estimate of drug-likeness (QED) is 0.0205. The fourth-order valence-electron chi connectivity index (χ4n) is 12.9. The number of nitrogens with one attached hydrogen (secondary N) is 1. The first-order valence-electron chi connectivity index (χ1n) is 37.3. The molecule has 3 fully saturated rings. The summed E-state index contributed by atoms with van der Waals surface area (Å²) in [4.78, 5) is 98.7. The second-order valence-electron chi connectivity index (χ2n) is 32.0. The van der Waals surface area contributed by atoms with Crippen molar-refractivity contribution in [1.29, 1.82) is 0 Å². The zero-order valence-electron chi connectivity index (χ0n) is 67.3. The van der Waals surface area contributed by atoms with Gasteiger partial charge < -0.3 is 67.9 Å². The molecule has 2 amide bonds. The van der Waals surface area contributed by atoms with Gasteiger partial charge in [-0.2, -0.15) is 0 Å². The van der Waals surface area contributed by atoms with E-state index < -0.39 is 58.0 Å². The van der Waals surface area contributed by atoms with Gasteiger partial charge in [0.15, 0.2) is 5.78 Å². The summed E-state index contributed by atoms with van der Waals surface area (Å²) in [6.07, 6.45) is 11.0. The summed E-state index contributed by atoms with van der Waals surface area (Å²) in [7, 11) is -0.419. The fraction of sp³-hybridized carbons (Fsp3) is 0.442. The highest BCUT2D eigenvalue weighted by Gasteiger charge is 2.52. The van der Waals surface area contributed by atoms with Crippen molar-refractivity contribution in [3.05, 3.63) is 249 Å². The maximum absolute atomic E-state index is 13.3.